The molecular formula is C25H30ClN5OS. The van der Waals surface area contributed by atoms with Crippen LogP contribution in [-0.4, -0.2) is 56.0 Å². The zero-order chi connectivity index (χ0) is 22.6. The van der Waals surface area contributed by atoms with Crippen LogP contribution in [0.1, 0.15) is 48.6 Å². The third kappa shape index (κ3) is 5.60. The molecule has 2 atom stereocenters. The number of hydrogen-bond donors (Lipinski definition) is 0. The molecule has 0 aromatic carbocycles. The van der Waals surface area contributed by atoms with Crippen LogP contribution in [0.25, 0.3) is 5.82 Å². The van der Waals surface area contributed by atoms with Crippen molar-refractivity contribution in [3.8, 4) is 5.82 Å². The maximum absolute atomic E-state index is 6.02. The number of ether oxygens (including phenoxy) is 1. The second-order valence-corrected chi connectivity index (χ2v) is 10.4. The highest BCUT2D eigenvalue weighted by Crippen LogP contribution is 2.30. The van der Waals surface area contributed by atoms with E-state index in [2.05, 4.69) is 44.7 Å². The topological polar surface area (TPSA) is 56.1 Å². The van der Waals surface area contributed by atoms with E-state index in [4.69, 9.17) is 21.3 Å². The number of aromatic nitrogens is 4. The first-order valence-electron chi connectivity index (χ1n) is 11.7. The third-order valence-corrected chi connectivity index (χ3v) is 7.70. The van der Waals surface area contributed by atoms with E-state index in [0.717, 1.165) is 49.4 Å². The minimum absolute atomic E-state index is 0.347. The average Bonchev–Trinajstić information content (AvgIpc) is 3.52. The van der Waals surface area contributed by atoms with Gasteiger partial charge in [0.15, 0.2) is 5.16 Å². The quantitative estimate of drug-likeness (QED) is 0.337. The average molecular weight is 484 g/mol. The Bertz CT molecular complexity index is 1070. The molecule has 174 valence electrons. The van der Waals surface area contributed by atoms with Crippen LogP contribution in [0.4, 0.5) is 0 Å². The molecule has 0 amide bonds. The normalized spacial score (nSPS) is 21.5. The van der Waals surface area contributed by atoms with Gasteiger partial charge in [-0.1, -0.05) is 23.4 Å². The van der Waals surface area contributed by atoms with Crippen LogP contribution in [-0.2, 0) is 11.3 Å². The standard InChI is InChI=1S/C25H30ClN5OS/c1-18-13-28-25(33-17-22-7-4-12-32-22)29-24(18)19-5-2-10-30(15-19)16-21-6-3-11-31(21)23-9-8-20(26)14-27-23/h3,6,8-9,11,13-14,19,22H,2,4-5,7,10,12,15-17H2,1H3/t19-,22+/m0/s1. The molecule has 3 aromatic heterocycles. The molecular weight excluding hydrogens is 454 g/mol. The van der Waals surface area contributed by atoms with Crippen LogP contribution in [0.3, 0.4) is 0 Å². The van der Waals surface area contributed by atoms with E-state index < -0.39 is 0 Å². The first-order chi connectivity index (χ1) is 16.2. The fraction of sp³-hybridized carbons (Fsp3) is 0.480. The van der Waals surface area contributed by atoms with Crippen molar-refractivity contribution < 1.29 is 4.74 Å². The molecule has 2 aliphatic heterocycles. The number of thioether (sulfide) groups is 1. The van der Waals surface area contributed by atoms with Crippen molar-refractivity contribution in [2.75, 3.05) is 25.4 Å². The molecule has 0 unspecified atom stereocenters. The summed E-state index contributed by atoms with van der Waals surface area (Å²) in [5, 5.41) is 1.53. The summed E-state index contributed by atoms with van der Waals surface area (Å²) in [6.07, 6.45) is 10.8. The SMILES string of the molecule is Cc1cnc(SC[C@H]2CCCO2)nc1[C@H]1CCCN(Cc2cccn2-c2ccc(Cl)cn2)C1. The minimum Gasteiger partial charge on any atom is -0.377 e. The van der Waals surface area contributed by atoms with Crippen molar-refractivity contribution in [2.45, 2.75) is 56.3 Å². The summed E-state index contributed by atoms with van der Waals surface area (Å²) in [5.41, 5.74) is 3.63. The number of aryl methyl sites for hydroxylation is 1. The zero-order valence-corrected chi connectivity index (χ0v) is 20.6. The van der Waals surface area contributed by atoms with Crippen LogP contribution in [0, 0.1) is 6.92 Å². The first-order valence-corrected chi connectivity index (χ1v) is 13.1. The summed E-state index contributed by atoms with van der Waals surface area (Å²) in [5.74, 6) is 2.27. The molecule has 8 heteroatoms. The molecule has 6 nitrogen and oxygen atoms in total. The number of rotatable bonds is 7. The second-order valence-electron chi connectivity index (χ2n) is 8.95. The van der Waals surface area contributed by atoms with Gasteiger partial charge in [0.1, 0.15) is 5.82 Å². The Morgan fingerprint density at radius 1 is 1.15 bits per heavy atom. The molecule has 0 spiro atoms. The molecule has 2 aliphatic rings. The minimum atomic E-state index is 0.347. The van der Waals surface area contributed by atoms with Crippen molar-refractivity contribution in [2.24, 2.45) is 0 Å². The summed E-state index contributed by atoms with van der Waals surface area (Å²) in [6.45, 7) is 6.02. The fourth-order valence-corrected chi connectivity index (χ4v) is 5.79. The summed E-state index contributed by atoms with van der Waals surface area (Å²) in [7, 11) is 0. The van der Waals surface area contributed by atoms with Gasteiger partial charge < -0.3 is 9.30 Å². The van der Waals surface area contributed by atoms with E-state index in [1.165, 1.54) is 36.2 Å². The highest BCUT2D eigenvalue weighted by molar-refractivity contribution is 7.99. The smallest absolute Gasteiger partial charge is 0.187 e. The van der Waals surface area contributed by atoms with Crippen molar-refractivity contribution >= 4 is 23.4 Å². The highest BCUT2D eigenvalue weighted by atomic mass is 35.5. The molecule has 2 fully saturated rings. The molecule has 5 heterocycles. The summed E-state index contributed by atoms with van der Waals surface area (Å²) in [6, 6.07) is 8.11. The van der Waals surface area contributed by atoms with E-state index in [1.807, 2.05) is 18.3 Å². The van der Waals surface area contributed by atoms with E-state index in [9.17, 15) is 0 Å². The monoisotopic (exact) mass is 483 g/mol. The van der Waals surface area contributed by atoms with Gasteiger partial charge in [-0.25, -0.2) is 15.0 Å². The second kappa shape index (κ2) is 10.6. The first kappa shape index (κ1) is 22.8. The lowest BCUT2D eigenvalue weighted by atomic mass is 9.92. The van der Waals surface area contributed by atoms with Gasteiger partial charge in [0.25, 0.3) is 0 Å². The van der Waals surface area contributed by atoms with Crippen molar-refractivity contribution in [1.82, 2.24) is 24.4 Å². The lowest BCUT2D eigenvalue weighted by molar-refractivity contribution is 0.129. The van der Waals surface area contributed by atoms with Crippen LogP contribution < -0.4 is 0 Å². The Balaban J connectivity index is 1.26. The number of piperidine rings is 1. The fourth-order valence-electron chi connectivity index (χ4n) is 4.79. The van der Waals surface area contributed by atoms with Gasteiger partial charge in [-0.05, 0) is 69.0 Å². The Kier molecular flexibility index (Phi) is 7.30. The number of likely N-dealkylation sites (tertiary alicyclic amines) is 1. The van der Waals surface area contributed by atoms with E-state index in [-0.39, 0.29) is 0 Å². The summed E-state index contributed by atoms with van der Waals surface area (Å²) < 4.78 is 7.91. The molecule has 0 N–H and O–H groups in total. The van der Waals surface area contributed by atoms with Gasteiger partial charge in [0.05, 0.1) is 16.8 Å². The van der Waals surface area contributed by atoms with Gasteiger partial charge >= 0.3 is 0 Å². The molecule has 0 aliphatic carbocycles. The molecule has 3 aromatic rings. The lowest BCUT2D eigenvalue weighted by Crippen LogP contribution is -2.35. The van der Waals surface area contributed by atoms with E-state index >= 15 is 0 Å². The predicted octanol–water partition coefficient (Wildman–Crippen LogP) is 5.27. The molecule has 0 bridgehead atoms. The number of pyridine rings is 1. The van der Waals surface area contributed by atoms with Crippen LogP contribution in [0.2, 0.25) is 5.02 Å². The highest BCUT2D eigenvalue weighted by Gasteiger charge is 2.25. The maximum atomic E-state index is 6.02. The Labute approximate surface area is 204 Å². The Morgan fingerprint density at radius 2 is 2.09 bits per heavy atom. The van der Waals surface area contributed by atoms with E-state index in [1.54, 1.807) is 18.0 Å². The van der Waals surface area contributed by atoms with Crippen molar-refractivity contribution in [1.29, 1.82) is 0 Å². The molecule has 2 saturated heterocycles. The van der Waals surface area contributed by atoms with Crippen molar-refractivity contribution in [3.05, 3.63) is 64.8 Å². The zero-order valence-electron chi connectivity index (χ0n) is 19.0. The molecule has 0 saturated carbocycles. The van der Waals surface area contributed by atoms with Crippen LogP contribution in [0.15, 0.2) is 48.0 Å². The Hall–Kier alpha value is -1.93. The van der Waals surface area contributed by atoms with Crippen LogP contribution >= 0.6 is 23.4 Å². The molecule has 5 rings (SSSR count). The summed E-state index contributed by atoms with van der Waals surface area (Å²) >= 11 is 7.75. The number of hydrogen-bond acceptors (Lipinski definition) is 6. The largest absolute Gasteiger partial charge is 0.377 e. The van der Waals surface area contributed by atoms with Gasteiger partial charge in [0.2, 0.25) is 0 Å². The van der Waals surface area contributed by atoms with E-state index in [0.29, 0.717) is 17.0 Å². The Morgan fingerprint density at radius 3 is 2.91 bits per heavy atom. The predicted molar refractivity (Wildman–Crippen MR) is 132 cm³/mol. The van der Waals surface area contributed by atoms with Gasteiger partial charge in [-0.15, -0.1) is 0 Å². The van der Waals surface area contributed by atoms with Gasteiger partial charge in [-0.3, -0.25) is 4.90 Å². The van der Waals surface area contributed by atoms with Gasteiger partial charge in [0, 0.05) is 55.7 Å². The van der Waals surface area contributed by atoms with Gasteiger partial charge in [-0.2, -0.15) is 0 Å². The van der Waals surface area contributed by atoms with Crippen molar-refractivity contribution in [3.63, 3.8) is 0 Å². The lowest BCUT2D eigenvalue weighted by Gasteiger charge is -2.33. The number of nitrogens with zero attached hydrogens (tertiary/aromatic N) is 5. The summed E-state index contributed by atoms with van der Waals surface area (Å²) in [4.78, 5) is 16.6. The third-order valence-electron chi connectivity index (χ3n) is 6.48. The van der Waals surface area contributed by atoms with Crippen LogP contribution in [0.5, 0.6) is 0 Å². The maximum Gasteiger partial charge on any atom is 0.187 e. The number of halogens is 1. The molecule has 0 radical (unpaired) electrons. The molecule has 33 heavy (non-hydrogen) atoms.